The van der Waals surface area contributed by atoms with Gasteiger partial charge in [0.25, 0.3) is 5.91 Å². The van der Waals surface area contributed by atoms with Crippen LogP contribution < -0.4 is 15.6 Å². The number of rotatable bonds is 7. The first-order chi connectivity index (χ1) is 15.9. The molecule has 0 spiro atoms. The van der Waals surface area contributed by atoms with Crippen molar-refractivity contribution in [2.24, 2.45) is 0 Å². The minimum Gasteiger partial charge on any atom is -0.478 e. The maximum absolute atomic E-state index is 13.7. The van der Waals surface area contributed by atoms with Crippen molar-refractivity contribution in [3.8, 4) is 5.75 Å². The molecule has 4 aromatic rings. The third kappa shape index (κ3) is 5.32. The molecular formula is C22H19FN4O4S2. The number of ether oxygens (including phenoxy) is 1. The number of nitrogens with one attached hydrogen (secondary N) is 2. The summed E-state index contributed by atoms with van der Waals surface area (Å²) in [6.45, 7) is 3.31. The highest BCUT2D eigenvalue weighted by molar-refractivity contribution is 8.00. The Morgan fingerprint density at radius 1 is 1.15 bits per heavy atom. The van der Waals surface area contributed by atoms with E-state index in [9.17, 15) is 14.0 Å². The Labute approximate surface area is 196 Å². The number of hydrogen-bond donors (Lipinski definition) is 2. The van der Waals surface area contributed by atoms with Gasteiger partial charge in [-0.15, -0.1) is 10.2 Å². The van der Waals surface area contributed by atoms with Crippen LogP contribution in [0, 0.1) is 12.7 Å². The number of para-hydroxylation sites is 2. The average molecular weight is 487 g/mol. The zero-order chi connectivity index (χ0) is 23.4. The summed E-state index contributed by atoms with van der Waals surface area (Å²) in [5.41, 5.74) is 5.86. The third-order valence-corrected chi connectivity index (χ3v) is 6.56. The Morgan fingerprint density at radius 3 is 2.67 bits per heavy atom. The molecule has 0 fully saturated rings. The number of aryl methyl sites for hydroxylation is 1. The van der Waals surface area contributed by atoms with Crippen LogP contribution in [0.4, 0.5) is 4.39 Å². The van der Waals surface area contributed by atoms with Crippen molar-refractivity contribution in [3.63, 3.8) is 0 Å². The quantitative estimate of drug-likeness (QED) is 0.297. The van der Waals surface area contributed by atoms with Gasteiger partial charge >= 0.3 is 5.91 Å². The molecule has 11 heteroatoms. The average Bonchev–Trinajstić information content (AvgIpc) is 3.40. The van der Waals surface area contributed by atoms with E-state index < -0.39 is 23.7 Å². The Balaban J connectivity index is 1.45. The van der Waals surface area contributed by atoms with E-state index in [1.807, 2.05) is 25.1 Å². The molecule has 33 heavy (non-hydrogen) atoms. The molecule has 2 heterocycles. The lowest BCUT2D eigenvalue weighted by atomic mass is 10.1. The Bertz CT molecular complexity index is 1310. The highest BCUT2D eigenvalue weighted by atomic mass is 32.2. The van der Waals surface area contributed by atoms with Crippen LogP contribution in [0.1, 0.15) is 28.0 Å². The number of halogens is 1. The molecule has 2 amide bonds. The molecule has 2 aromatic carbocycles. The van der Waals surface area contributed by atoms with Gasteiger partial charge in [-0.3, -0.25) is 20.4 Å². The van der Waals surface area contributed by atoms with Crippen molar-refractivity contribution in [2.45, 2.75) is 30.0 Å². The second-order valence-corrected chi connectivity index (χ2v) is 9.32. The predicted octanol–water partition coefficient (Wildman–Crippen LogP) is 4.25. The van der Waals surface area contributed by atoms with Crippen molar-refractivity contribution < 1.29 is 23.1 Å². The second-order valence-electron chi connectivity index (χ2n) is 6.92. The van der Waals surface area contributed by atoms with E-state index in [1.54, 1.807) is 12.1 Å². The maximum atomic E-state index is 13.7. The van der Waals surface area contributed by atoms with Crippen LogP contribution in [0.15, 0.2) is 57.3 Å². The number of furan rings is 1. The zero-order valence-electron chi connectivity index (χ0n) is 17.6. The second kappa shape index (κ2) is 10.0. The van der Waals surface area contributed by atoms with E-state index in [4.69, 9.17) is 9.15 Å². The van der Waals surface area contributed by atoms with E-state index in [-0.39, 0.29) is 11.5 Å². The molecule has 0 aliphatic carbocycles. The summed E-state index contributed by atoms with van der Waals surface area (Å²) in [5, 5.41) is 9.73. The molecule has 1 atom stereocenters. The molecule has 0 saturated heterocycles. The summed E-state index contributed by atoms with van der Waals surface area (Å²) < 4.78 is 25.6. The van der Waals surface area contributed by atoms with Crippen LogP contribution >= 0.6 is 23.1 Å². The molecule has 0 radical (unpaired) electrons. The summed E-state index contributed by atoms with van der Waals surface area (Å²) in [4.78, 5) is 25.2. The van der Waals surface area contributed by atoms with Gasteiger partial charge in [0, 0.05) is 16.7 Å². The molecule has 0 aliphatic heterocycles. The first kappa shape index (κ1) is 22.7. The molecule has 2 N–H and O–H groups in total. The predicted molar refractivity (Wildman–Crippen MR) is 123 cm³/mol. The monoisotopic (exact) mass is 486 g/mol. The van der Waals surface area contributed by atoms with E-state index >= 15 is 0 Å². The summed E-state index contributed by atoms with van der Waals surface area (Å²) in [6.07, 6.45) is -1.05. The largest absolute Gasteiger partial charge is 0.478 e. The first-order valence-corrected chi connectivity index (χ1v) is 11.7. The molecular weight excluding hydrogens is 467 g/mol. The fourth-order valence-electron chi connectivity index (χ4n) is 2.96. The van der Waals surface area contributed by atoms with Gasteiger partial charge in [-0.25, -0.2) is 4.39 Å². The lowest BCUT2D eigenvalue weighted by Crippen LogP contribution is -2.47. The van der Waals surface area contributed by atoms with Gasteiger partial charge in [-0.05, 0) is 32.0 Å². The molecule has 0 bridgehead atoms. The summed E-state index contributed by atoms with van der Waals surface area (Å²) in [6, 6.07) is 13.0. The molecule has 1 unspecified atom stereocenters. The fraction of sp³-hybridized carbons (Fsp3) is 0.182. The molecule has 0 aliphatic rings. The number of carbonyl (C=O) groups is 2. The van der Waals surface area contributed by atoms with E-state index in [0.717, 1.165) is 14.7 Å². The van der Waals surface area contributed by atoms with Gasteiger partial charge in [0.15, 0.2) is 27.8 Å². The van der Waals surface area contributed by atoms with Crippen LogP contribution in [0.3, 0.4) is 0 Å². The van der Waals surface area contributed by atoms with E-state index in [1.165, 1.54) is 48.2 Å². The number of hydrogen-bond acceptors (Lipinski definition) is 8. The number of carbonyl (C=O) groups excluding carboxylic acids is 2. The molecule has 0 saturated carbocycles. The van der Waals surface area contributed by atoms with Crippen LogP contribution in [0.25, 0.3) is 11.0 Å². The molecule has 4 rings (SSSR count). The van der Waals surface area contributed by atoms with Crippen LogP contribution in [-0.4, -0.2) is 28.1 Å². The van der Waals surface area contributed by atoms with Crippen molar-refractivity contribution >= 4 is 45.9 Å². The minimum atomic E-state index is -1.05. The van der Waals surface area contributed by atoms with Crippen molar-refractivity contribution in [2.75, 3.05) is 0 Å². The van der Waals surface area contributed by atoms with E-state index in [2.05, 4.69) is 21.0 Å². The number of nitrogens with zero attached hydrogens (tertiary/aromatic N) is 2. The highest BCUT2D eigenvalue weighted by Gasteiger charge is 2.23. The smallest absolute Gasteiger partial charge is 0.305 e. The Hall–Kier alpha value is -3.44. The normalized spacial score (nSPS) is 11.8. The number of thioether (sulfide) groups is 1. The first-order valence-electron chi connectivity index (χ1n) is 9.87. The number of hydrazine groups is 1. The number of amides is 2. The highest BCUT2D eigenvalue weighted by Crippen LogP contribution is 2.33. The summed E-state index contributed by atoms with van der Waals surface area (Å²) in [7, 11) is 0. The lowest BCUT2D eigenvalue weighted by Gasteiger charge is -2.15. The van der Waals surface area contributed by atoms with Gasteiger partial charge in [0.1, 0.15) is 10.6 Å². The van der Waals surface area contributed by atoms with Crippen LogP contribution in [-0.2, 0) is 10.5 Å². The van der Waals surface area contributed by atoms with Gasteiger partial charge in [-0.2, -0.15) is 0 Å². The zero-order valence-corrected chi connectivity index (χ0v) is 19.3. The van der Waals surface area contributed by atoms with Crippen LogP contribution in [0.2, 0.25) is 0 Å². The minimum absolute atomic E-state index is 0.0602. The van der Waals surface area contributed by atoms with Crippen molar-refractivity contribution in [3.05, 3.63) is 70.7 Å². The van der Waals surface area contributed by atoms with E-state index in [0.29, 0.717) is 16.9 Å². The van der Waals surface area contributed by atoms with Crippen molar-refractivity contribution in [1.82, 2.24) is 21.0 Å². The Morgan fingerprint density at radius 2 is 1.91 bits per heavy atom. The SMILES string of the molecule is Cc1nnc(SCc2c(C(=O)NNC(=O)C(C)Oc3ccccc3F)oc3ccccc23)s1. The molecule has 2 aromatic heterocycles. The van der Waals surface area contributed by atoms with Gasteiger partial charge in [0.05, 0.1) is 0 Å². The maximum Gasteiger partial charge on any atom is 0.305 e. The Kier molecular flexibility index (Phi) is 6.90. The van der Waals surface area contributed by atoms with Gasteiger partial charge in [0.2, 0.25) is 0 Å². The third-order valence-electron chi connectivity index (χ3n) is 4.56. The van der Waals surface area contributed by atoms with Gasteiger partial charge in [-0.1, -0.05) is 53.4 Å². The summed E-state index contributed by atoms with van der Waals surface area (Å²) >= 11 is 2.90. The number of fused-ring (bicyclic) bond motifs is 1. The lowest BCUT2D eigenvalue weighted by molar-refractivity contribution is -0.128. The van der Waals surface area contributed by atoms with Gasteiger partial charge < -0.3 is 9.15 Å². The van der Waals surface area contributed by atoms with Crippen LogP contribution in [0.5, 0.6) is 5.75 Å². The summed E-state index contributed by atoms with van der Waals surface area (Å²) in [5.74, 6) is -1.42. The number of aromatic nitrogens is 2. The topological polar surface area (TPSA) is 106 Å². The number of benzene rings is 2. The fourth-order valence-corrected chi connectivity index (χ4v) is 4.80. The molecule has 170 valence electrons. The molecule has 8 nitrogen and oxygen atoms in total. The van der Waals surface area contributed by atoms with Crippen molar-refractivity contribution in [1.29, 1.82) is 0 Å². The standard InChI is InChI=1S/C22H19FN4O4S2/c1-12(30-18-10-6-4-8-16(18)23)20(28)25-26-21(29)19-15(11-32-22-27-24-13(2)33-22)14-7-3-5-9-17(14)31-19/h3-10,12H,11H2,1-2H3,(H,25,28)(H,26,29).